The zero-order valence-electron chi connectivity index (χ0n) is 15.1. The van der Waals surface area contributed by atoms with E-state index >= 15 is 0 Å². The lowest BCUT2D eigenvalue weighted by molar-refractivity contribution is 0.143. The van der Waals surface area contributed by atoms with E-state index in [1.807, 2.05) is 6.07 Å². The van der Waals surface area contributed by atoms with Crippen LogP contribution >= 0.6 is 0 Å². The lowest BCUT2D eigenvalue weighted by Gasteiger charge is -2.30. The fourth-order valence-corrected chi connectivity index (χ4v) is 3.68. The van der Waals surface area contributed by atoms with Gasteiger partial charge in [-0.2, -0.15) is 4.98 Å². The Morgan fingerprint density at radius 2 is 1.96 bits per heavy atom. The van der Waals surface area contributed by atoms with Gasteiger partial charge in [0.1, 0.15) is 11.9 Å². The average Bonchev–Trinajstić information content (AvgIpc) is 3.48. The highest BCUT2D eigenvalue weighted by Crippen LogP contribution is 2.49. The molecule has 26 heavy (non-hydrogen) atoms. The number of nitrogens with zero attached hydrogens (tertiary/aromatic N) is 2. The first-order chi connectivity index (χ1) is 12.6. The van der Waals surface area contributed by atoms with Gasteiger partial charge in [0.25, 0.3) is 0 Å². The number of ether oxygens (including phenoxy) is 3. The number of nitrogen functional groups attached to an aromatic ring is 2. The smallest absolute Gasteiger partial charge is 0.221 e. The molecule has 7 nitrogen and oxygen atoms in total. The van der Waals surface area contributed by atoms with Gasteiger partial charge in [0.2, 0.25) is 11.7 Å². The Morgan fingerprint density at radius 3 is 2.62 bits per heavy atom. The Bertz CT molecular complexity index is 836. The van der Waals surface area contributed by atoms with Crippen LogP contribution in [0.5, 0.6) is 17.2 Å². The average molecular weight is 356 g/mol. The fourth-order valence-electron chi connectivity index (χ4n) is 3.68. The van der Waals surface area contributed by atoms with Crippen LogP contribution in [0.3, 0.4) is 0 Å². The van der Waals surface area contributed by atoms with E-state index < -0.39 is 0 Å². The highest BCUT2D eigenvalue weighted by atomic mass is 16.5. The maximum atomic E-state index is 6.36. The first-order valence-electron chi connectivity index (χ1n) is 8.91. The molecule has 4 N–H and O–H groups in total. The molecule has 0 radical (unpaired) electrons. The zero-order valence-corrected chi connectivity index (χ0v) is 15.1. The monoisotopic (exact) mass is 356 g/mol. The number of fused-ring (bicyclic) bond motifs is 1. The van der Waals surface area contributed by atoms with Gasteiger partial charge in [-0.1, -0.05) is 0 Å². The molecule has 0 unspecified atom stereocenters. The minimum Gasteiger partial charge on any atom is -0.493 e. The van der Waals surface area contributed by atoms with Gasteiger partial charge in [0.15, 0.2) is 11.5 Å². The predicted molar refractivity (Wildman–Crippen MR) is 98.7 cm³/mol. The summed E-state index contributed by atoms with van der Waals surface area (Å²) >= 11 is 0. The quantitative estimate of drug-likeness (QED) is 0.847. The summed E-state index contributed by atoms with van der Waals surface area (Å²) in [4.78, 5) is 8.13. The summed E-state index contributed by atoms with van der Waals surface area (Å²) in [6.07, 6.45) is 7.00. The highest BCUT2D eigenvalue weighted by molar-refractivity contribution is 5.61. The first kappa shape index (κ1) is 16.8. The molecule has 0 saturated heterocycles. The van der Waals surface area contributed by atoms with Gasteiger partial charge < -0.3 is 25.7 Å². The van der Waals surface area contributed by atoms with Crippen LogP contribution in [0.2, 0.25) is 0 Å². The predicted octanol–water partition coefficient (Wildman–Crippen LogP) is 2.35. The van der Waals surface area contributed by atoms with Crippen LogP contribution < -0.4 is 25.7 Å². The molecular weight excluding hydrogens is 332 g/mol. The molecule has 1 aromatic heterocycles. The molecule has 2 heterocycles. The minimum absolute atomic E-state index is 0.177. The number of nitrogens with two attached hydrogens (primary N) is 2. The van der Waals surface area contributed by atoms with Gasteiger partial charge >= 0.3 is 0 Å². The van der Waals surface area contributed by atoms with E-state index in [1.54, 1.807) is 20.4 Å². The highest BCUT2D eigenvalue weighted by Gasteiger charge is 2.37. The number of methoxy groups -OCH3 is 2. The fraction of sp³-hybridized carbons (Fsp3) is 0.474. The van der Waals surface area contributed by atoms with E-state index in [0.29, 0.717) is 29.7 Å². The lowest BCUT2D eigenvalue weighted by Crippen LogP contribution is -2.26. The van der Waals surface area contributed by atoms with E-state index in [9.17, 15) is 0 Å². The summed E-state index contributed by atoms with van der Waals surface area (Å²) in [5.41, 5.74) is 14.7. The van der Waals surface area contributed by atoms with Crippen molar-refractivity contribution < 1.29 is 14.2 Å². The van der Waals surface area contributed by atoms with Crippen molar-refractivity contribution >= 4 is 11.8 Å². The molecule has 0 amide bonds. The molecule has 1 saturated carbocycles. The molecule has 4 rings (SSSR count). The van der Waals surface area contributed by atoms with Gasteiger partial charge in [-0.05, 0) is 43.2 Å². The molecular formula is C19H24N4O3. The standard InChI is InChI=1S/C19H24N4O3/c1-24-15-8-11(7-12-9-22-19(21)23-18(12)20)13-5-6-14(10-3-4-10)26-16(13)17(15)25-2/h8-10,14H,3-7H2,1-2H3,(H4,20,21,22,23)/t14-/m0/s1. The Kier molecular flexibility index (Phi) is 4.22. The van der Waals surface area contributed by atoms with Crippen molar-refractivity contribution in [2.45, 2.75) is 38.2 Å². The molecule has 0 bridgehead atoms. The summed E-state index contributed by atoms with van der Waals surface area (Å²) in [5.74, 6) is 3.37. The minimum atomic E-state index is 0.177. The molecule has 1 fully saturated rings. The molecule has 1 aliphatic carbocycles. The van der Waals surface area contributed by atoms with Crippen LogP contribution in [-0.4, -0.2) is 30.3 Å². The largest absolute Gasteiger partial charge is 0.493 e. The van der Waals surface area contributed by atoms with Crippen LogP contribution in [0, 0.1) is 5.92 Å². The summed E-state index contributed by atoms with van der Waals surface area (Å²) < 4.78 is 17.5. The Labute approximate surface area is 152 Å². The lowest BCUT2D eigenvalue weighted by atomic mass is 9.91. The van der Waals surface area contributed by atoms with Crippen molar-refractivity contribution in [3.63, 3.8) is 0 Å². The van der Waals surface area contributed by atoms with Gasteiger partial charge in [-0.3, -0.25) is 0 Å². The van der Waals surface area contributed by atoms with Gasteiger partial charge in [0, 0.05) is 23.7 Å². The molecule has 2 aromatic rings. The van der Waals surface area contributed by atoms with Crippen molar-refractivity contribution in [3.8, 4) is 17.2 Å². The summed E-state index contributed by atoms with van der Waals surface area (Å²) in [7, 11) is 3.28. The molecule has 0 spiro atoms. The molecule has 2 aliphatic rings. The van der Waals surface area contributed by atoms with Crippen LogP contribution in [0.4, 0.5) is 11.8 Å². The Morgan fingerprint density at radius 1 is 1.15 bits per heavy atom. The Hall–Kier alpha value is -2.70. The van der Waals surface area contributed by atoms with Gasteiger partial charge in [0.05, 0.1) is 14.2 Å². The van der Waals surface area contributed by atoms with Crippen LogP contribution in [0.25, 0.3) is 0 Å². The van der Waals surface area contributed by atoms with Crippen molar-refractivity contribution in [1.82, 2.24) is 9.97 Å². The normalized spacial score (nSPS) is 18.8. The van der Waals surface area contributed by atoms with Gasteiger partial charge in [-0.25, -0.2) is 4.98 Å². The first-order valence-corrected chi connectivity index (χ1v) is 8.91. The third-order valence-corrected chi connectivity index (χ3v) is 5.21. The molecule has 1 atom stereocenters. The van der Waals surface area contributed by atoms with Crippen molar-refractivity contribution in [2.24, 2.45) is 5.92 Å². The van der Waals surface area contributed by atoms with E-state index in [1.165, 1.54) is 12.8 Å². The third-order valence-electron chi connectivity index (χ3n) is 5.21. The van der Waals surface area contributed by atoms with Crippen molar-refractivity contribution in [3.05, 3.63) is 29.0 Å². The second-order valence-electron chi connectivity index (χ2n) is 6.93. The number of hydrogen-bond donors (Lipinski definition) is 2. The van der Waals surface area contributed by atoms with E-state index in [-0.39, 0.29) is 12.1 Å². The molecule has 7 heteroatoms. The van der Waals surface area contributed by atoms with Crippen LogP contribution in [0.1, 0.15) is 36.0 Å². The number of rotatable bonds is 5. The summed E-state index contributed by atoms with van der Waals surface area (Å²) in [6.45, 7) is 0. The van der Waals surface area contributed by atoms with E-state index in [2.05, 4.69) is 9.97 Å². The maximum Gasteiger partial charge on any atom is 0.221 e. The number of benzene rings is 1. The topological polar surface area (TPSA) is 106 Å². The molecule has 1 aromatic carbocycles. The summed E-state index contributed by atoms with van der Waals surface area (Å²) in [6, 6.07) is 1.99. The number of hydrogen-bond acceptors (Lipinski definition) is 7. The maximum absolute atomic E-state index is 6.36. The number of anilines is 2. The number of aromatic nitrogens is 2. The third kappa shape index (κ3) is 2.98. The van der Waals surface area contributed by atoms with Crippen LogP contribution in [0.15, 0.2) is 12.3 Å². The Balaban J connectivity index is 1.75. The SMILES string of the molecule is COc1cc(Cc2cnc(N)nc2N)c2c(c1OC)O[C@H](C1CC1)CC2. The van der Waals surface area contributed by atoms with E-state index in [0.717, 1.165) is 35.3 Å². The molecule has 1 aliphatic heterocycles. The second kappa shape index (κ2) is 6.55. The van der Waals surface area contributed by atoms with E-state index in [4.69, 9.17) is 25.7 Å². The zero-order chi connectivity index (χ0) is 18.3. The molecule has 138 valence electrons. The van der Waals surface area contributed by atoms with Crippen molar-refractivity contribution in [2.75, 3.05) is 25.7 Å². The summed E-state index contributed by atoms with van der Waals surface area (Å²) in [5, 5.41) is 0. The van der Waals surface area contributed by atoms with Crippen LogP contribution in [-0.2, 0) is 12.8 Å². The van der Waals surface area contributed by atoms with Gasteiger partial charge in [-0.15, -0.1) is 0 Å². The van der Waals surface area contributed by atoms with Crippen molar-refractivity contribution in [1.29, 1.82) is 0 Å². The second-order valence-corrected chi connectivity index (χ2v) is 6.93.